The van der Waals surface area contributed by atoms with Crippen LogP contribution in [0.25, 0.3) is 0 Å². The van der Waals surface area contributed by atoms with Crippen molar-refractivity contribution < 1.29 is 24.0 Å². The Morgan fingerprint density at radius 2 is 1.27 bits per heavy atom. The molecule has 0 heterocycles. The Labute approximate surface area is 248 Å². The van der Waals surface area contributed by atoms with Gasteiger partial charge < -0.3 is 9.47 Å². The summed E-state index contributed by atoms with van der Waals surface area (Å²) in [5.74, 6) is 1.01. The highest BCUT2D eigenvalue weighted by Gasteiger charge is 2.15. The lowest BCUT2D eigenvalue weighted by molar-refractivity contribution is -0.250. The average Bonchev–Trinajstić information content (AvgIpc) is 2.97. The number of ether oxygens (including phenoxy) is 2. The van der Waals surface area contributed by atoms with Gasteiger partial charge in [-0.1, -0.05) is 69.9 Å². The lowest BCUT2D eigenvalue weighted by Crippen LogP contribution is -2.18. The van der Waals surface area contributed by atoms with Crippen molar-refractivity contribution >= 4 is 5.97 Å². The number of rotatable bonds is 24. The first-order chi connectivity index (χ1) is 20.1. The number of hydrogen-bond donors (Lipinski definition) is 0. The maximum Gasteiger partial charge on any atom is 0.373 e. The largest absolute Gasteiger partial charge is 0.490 e. The van der Waals surface area contributed by atoms with Gasteiger partial charge in [0, 0.05) is 6.07 Å². The minimum atomic E-state index is -0.520. The van der Waals surface area contributed by atoms with Crippen LogP contribution in [0.5, 0.6) is 11.5 Å². The van der Waals surface area contributed by atoms with Crippen molar-refractivity contribution in [2.75, 3.05) is 0 Å². The zero-order valence-corrected chi connectivity index (χ0v) is 25.5. The smallest absolute Gasteiger partial charge is 0.373 e. The molecule has 2 unspecified atom stereocenters. The van der Waals surface area contributed by atoms with E-state index in [-0.39, 0.29) is 18.8 Å². The van der Waals surface area contributed by atoms with E-state index >= 15 is 0 Å². The third kappa shape index (κ3) is 14.9. The second kappa shape index (κ2) is 21.7. The van der Waals surface area contributed by atoms with E-state index in [2.05, 4.69) is 27.0 Å². The molecule has 41 heavy (non-hydrogen) atoms. The Morgan fingerprint density at radius 1 is 0.732 bits per heavy atom. The summed E-state index contributed by atoms with van der Waals surface area (Å²) >= 11 is 0. The van der Waals surface area contributed by atoms with Gasteiger partial charge in [0.2, 0.25) is 0 Å². The second-order valence-corrected chi connectivity index (χ2v) is 10.7. The van der Waals surface area contributed by atoms with Crippen LogP contribution < -0.4 is 9.47 Å². The summed E-state index contributed by atoms with van der Waals surface area (Å²) in [5.41, 5.74) is 1.28. The van der Waals surface area contributed by atoms with Crippen LogP contribution in [0.4, 0.5) is 0 Å². The molecule has 5 nitrogen and oxygen atoms in total. The molecule has 2 rings (SSSR count). The topological polar surface area (TPSA) is 54.0 Å². The Kier molecular flexibility index (Phi) is 18.0. The van der Waals surface area contributed by atoms with Gasteiger partial charge in [-0.15, -0.1) is 13.2 Å². The lowest BCUT2D eigenvalue weighted by atomic mass is 10.0. The van der Waals surface area contributed by atoms with E-state index in [1.54, 1.807) is 24.3 Å². The molecule has 0 aromatic heterocycles. The molecule has 0 radical (unpaired) electrons. The van der Waals surface area contributed by atoms with Crippen LogP contribution in [0, 0.1) is 0 Å². The summed E-state index contributed by atoms with van der Waals surface area (Å²) in [5, 5.41) is 0. The molecule has 0 spiro atoms. The minimum absolute atomic E-state index is 0.103. The van der Waals surface area contributed by atoms with Crippen molar-refractivity contribution in [2.45, 2.75) is 123 Å². The number of benzene rings is 2. The van der Waals surface area contributed by atoms with E-state index in [9.17, 15) is 4.79 Å². The second-order valence-electron chi connectivity index (χ2n) is 10.7. The van der Waals surface area contributed by atoms with Gasteiger partial charge >= 0.3 is 5.97 Å². The summed E-state index contributed by atoms with van der Waals surface area (Å²) in [6.45, 7) is 12.1. The summed E-state index contributed by atoms with van der Waals surface area (Å²) in [6.07, 6.45) is 19.5. The molecule has 0 fully saturated rings. The van der Waals surface area contributed by atoms with Crippen LogP contribution in [0.2, 0.25) is 0 Å². The minimum Gasteiger partial charge on any atom is -0.490 e. The van der Waals surface area contributed by atoms with Crippen molar-refractivity contribution in [3.05, 3.63) is 85.0 Å². The molecule has 0 bridgehead atoms. The molecular formula is C36H52O5. The van der Waals surface area contributed by atoms with Crippen molar-refractivity contribution in [3.63, 3.8) is 0 Å². The van der Waals surface area contributed by atoms with Crippen LogP contribution in [-0.2, 0) is 16.4 Å². The van der Waals surface area contributed by atoms with Gasteiger partial charge in [0.05, 0.1) is 17.8 Å². The normalized spacial score (nSPS) is 12.3. The molecule has 0 saturated heterocycles. The molecule has 0 amide bonds. The van der Waals surface area contributed by atoms with Crippen LogP contribution in [0.1, 0.15) is 120 Å². The van der Waals surface area contributed by atoms with Crippen molar-refractivity contribution in [1.29, 1.82) is 0 Å². The monoisotopic (exact) mass is 564 g/mol. The van der Waals surface area contributed by atoms with Crippen LogP contribution in [0.3, 0.4) is 0 Å². The van der Waals surface area contributed by atoms with Gasteiger partial charge in [0.15, 0.2) is 0 Å². The molecule has 0 saturated carbocycles. The Bertz CT molecular complexity index is 938. The van der Waals surface area contributed by atoms with E-state index in [0.29, 0.717) is 5.56 Å². The maximum absolute atomic E-state index is 12.3. The molecule has 0 aliphatic heterocycles. The first-order valence-corrected chi connectivity index (χ1v) is 15.7. The van der Waals surface area contributed by atoms with Crippen LogP contribution in [-0.4, -0.2) is 18.2 Å². The van der Waals surface area contributed by atoms with E-state index in [0.717, 1.165) is 81.3 Å². The first kappa shape index (κ1) is 34.2. The van der Waals surface area contributed by atoms with Crippen molar-refractivity contribution in [3.8, 4) is 11.5 Å². The van der Waals surface area contributed by atoms with Crippen LogP contribution >= 0.6 is 0 Å². The van der Waals surface area contributed by atoms with Gasteiger partial charge in [-0.25, -0.2) is 4.79 Å². The van der Waals surface area contributed by atoms with Crippen LogP contribution in [0.15, 0.2) is 73.8 Å². The van der Waals surface area contributed by atoms with E-state index in [1.807, 2.05) is 36.4 Å². The van der Waals surface area contributed by atoms with Gasteiger partial charge in [-0.3, -0.25) is 4.89 Å². The molecule has 2 aromatic rings. The van der Waals surface area contributed by atoms with E-state index < -0.39 is 5.97 Å². The Morgan fingerprint density at radius 3 is 1.76 bits per heavy atom. The SMILES string of the molecule is C=CCCCCCC(CCC)Oc1cc(COOC(=O)c2ccccc2)cc(OC(CCC)CCCCCC=C)c1. The fraction of sp³-hybridized carbons (Fsp3) is 0.528. The fourth-order valence-corrected chi connectivity index (χ4v) is 4.85. The maximum atomic E-state index is 12.3. The standard InChI is InChI=1S/C36H52O5/c1-5-9-11-13-18-24-32(20-7-3)39-34-26-30(29-38-41-36(37)31-22-16-15-17-23-31)27-35(28-34)40-33(21-8-4)25-19-14-12-10-6-2/h5-6,15-17,22-23,26-28,32-33H,1-2,7-14,18-21,24-25,29H2,3-4H3. The molecule has 0 N–H and O–H groups in total. The predicted octanol–water partition coefficient (Wildman–Crippen LogP) is 10.3. The molecule has 226 valence electrons. The molecule has 0 aliphatic carbocycles. The first-order valence-electron chi connectivity index (χ1n) is 15.7. The van der Waals surface area contributed by atoms with E-state index in [4.69, 9.17) is 19.2 Å². The van der Waals surface area contributed by atoms with Gasteiger partial charge in [-0.2, -0.15) is 4.89 Å². The highest BCUT2D eigenvalue weighted by Crippen LogP contribution is 2.29. The number of hydrogen-bond acceptors (Lipinski definition) is 5. The highest BCUT2D eigenvalue weighted by molar-refractivity contribution is 5.88. The quantitative estimate of drug-likeness (QED) is 0.0549. The third-order valence-electron chi connectivity index (χ3n) is 7.01. The summed E-state index contributed by atoms with van der Waals surface area (Å²) in [6, 6.07) is 14.8. The summed E-state index contributed by atoms with van der Waals surface area (Å²) in [4.78, 5) is 22.8. The molecule has 0 aliphatic rings. The van der Waals surface area contributed by atoms with Crippen molar-refractivity contribution in [1.82, 2.24) is 0 Å². The third-order valence-corrected chi connectivity index (χ3v) is 7.01. The summed E-state index contributed by atoms with van der Waals surface area (Å²) < 4.78 is 13.1. The molecule has 5 heteroatoms. The van der Waals surface area contributed by atoms with Gasteiger partial charge in [-0.05, 0) is 94.0 Å². The summed E-state index contributed by atoms with van der Waals surface area (Å²) in [7, 11) is 0. The Balaban J connectivity index is 2.12. The number of carbonyl (C=O) groups excluding carboxylic acids is 1. The average molecular weight is 565 g/mol. The molecular weight excluding hydrogens is 512 g/mol. The fourth-order valence-electron chi connectivity index (χ4n) is 4.85. The zero-order valence-electron chi connectivity index (χ0n) is 25.5. The number of unbranched alkanes of at least 4 members (excludes halogenated alkanes) is 6. The molecule has 2 atom stereocenters. The Hall–Kier alpha value is -3.05. The lowest BCUT2D eigenvalue weighted by Gasteiger charge is -2.22. The highest BCUT2D eigenvalue weighted by atomic mass is 17.2. The van der Waals surface area contributed by atoms with Crippen molar-refractivity contribution in [2.24, 2.45) is 0 Å². The van der Waals surface area contributed by atoms with Gasteiger partial charge in [0.1, 0.15) is 18.1 Å². The predicted molar refractivity (Wildman–Crippen MR) is 168 cm³/mol. The molecule has 2 aromatic carbocycles. The zero-order chi connectivity index (χ0) is 29.5. The number of carbonyl (C=O) groups is 1. The number of allylic oxidation sites excluding steroid dienone is 2. The van der Waals surface area contributed by atoms with E-state index in [1.165, 1.54) is 25.7 Å². The van der Waals surface area contributed by atoms with Gasteiger partial charge in [0.25, 0.3) is 0 Å².